The molecule has 5 fully saturated rings. The van der Waals surface area contributed by atoms with E-state index in [2.05, 4.69) is 0 Å². The van der Waals surface area contributed by atoms with Crippen molar-refractivity contribution >= 4 is 47.9 Å². The molecular weight excluding hydrogens is 995 g/mol. The van der Waals surface area contributed by atoms with Crippen LogP contribution in [0.2, 0.25) is 0 Å². The van der Waals surface area contributed by atoms with E-state index in [1.807, 2.05) is 13.8 Å². The fourth-order valence-electron chi connectivity index (χ4n) is 12.7. The molecule has 0 N–H and O–H groups in total. The van der Waals surface area contributed by atoms with Gasteiger partial charge in [0, 0.05) is 44.2 Å². The van der Waals surface area contributed by atoms with Gasteiger partial charge in [-0.15, -0.1) is 0 Å². The molecule has 1 spiro atoms. The van der Waals surface area contributed by atoms with Crippen LogP contribution in [0.5, 0.6) is 11.5 Å². The Morgan fingerprint density at radius 3 is 2.09 bits per heavy atom. The van der Waals surface area contributed by atoms with Gasteiger partial charge in [0.15, 0.2) is 48.1 Å². The van der Waals surface area contributed by atoms with E-state index in [0.717, 1.165) is 20.8 Å². The molecule has 3 aliphatic heterocycles. The number of benzene rings is 2. The number of hydrogen-bond acceptors (Lipinski definition) is 20. The van der Waals surface area contributed by atoms with Gasteiger partial charge in [-0.25, -0.2) is 19.2 Å². The van der Waals surface area contributed by atoms with Gasteiger partial charge in [-0.05, 0) is 82.4 Å². The van der Waals surface area contributed by atoms with Gasteiger partial charge in [0.05, 0.1) is 43.8 Å². The molecule has 21 heteroatoms. The second-order valence-corrected chi connectivity index (χ2v) is 22.4. The zero-order chi connectivity index (χ0) is 55.8. The maximum absolute atomic E-state index is 16.3. The molecule has 3 aliphatic carbocycles. The van der Waals surface area contributed by atoms with Crippen molar-refractivity contribution < 1.29 is 95.2 Å². The number of amides is 1. The Morgan fingerprint density at radius 2 is 1.53 bits per heavy atom. The molecule has 13 atom stereocenters. The quantitative estimate of drug-likeness (QED) is 0.122. The molecule has 21 nitrogen and oxygen atoms in total. The molecule has 0 aromatic heterocycles. The summed E-state index contributed by atoms with van der Waals surface area (Å²) >= 11 is 0. The van der Waals surface area contributed by atoms with Gasteiger partial charge >= 0.3 is 42.1 Å². The third-order valence-electron chi connectivity index (χ3n) is 15.7. The average molecular weight is 1060 g/mol. The summed E-state index contributed by atoms with van der Waals surface area (Å²) in [5, 5.41) is 0. The first-order valence-electron chi connectivity index (χ1n) is 25.2. The van der Waals surface area contributed by atoms with Gasteiger partial charge in [-0.1, -0.05) is 45.9 Å². The topological polar surface area (TPSA) is 251 Å². The van der Waals surface area contributed by atoms with Crippen LogP contribution >= 0.6 is 0 Å². The van der Waals surface area contributed by atoms with Gasteiger partial charge < -0.3 is 56.8 Å². The van der Waals surface area contributed by atoms with Crippen molar-refractivity contribution in [3.8, 4) is 11.5 Å². The summed E-state index contributed by atoms with van der Waals surface area (Å²) < 4.78 is 74.3. The van der Waals surface area contributed by atoms with E-state index in [1.165, 1.54) is 45.1 Å². The van der Waals surface area contributed by atoms with Crippen molar-refractivity contribution in [2.24, 2.45) is 22.7 Å². The summed E-state index contributed by atoms with van der Waals surface area (Å²) in [4.78, 5) is 117. The van der Waals surface area contributed by atoms with E-state index in [-0.39, 0.29) is 41.2 Å². The largest absolute Gasteiger partial charge is 0.509 e. The predicted octanol–water partition coefficient (Wildman–Crippen LogP) is 6.69. The van der Waals surface area contributed by atoms with Gasteiger partial charge in [-0.2, -0.15) is 0 Å². The number of ketones is 1. The van der Waals surface area contributed by atoms with E-state index >= 15 is 9.59 Å². The minimum absolute atomic E-state index is 0.0135. The smallest absolute Gasteiger partial charge is 0.497 e. The molecule has 2 aromatic rings. The van der Waals surface area contributed by atoms with E-state index in [4.69, 9.17) is 56.8 Å². The Kier molecular flexibility index (Phi) is 14.6. The molecule has 2 aromatic carbocycles. The SMILES string of the molecule is COc1ccc(C2O[C@@H](C(=O)O[C@@H]3C(C)=C4[C@@H](OC(C)=O)C(=O)[C@]5(C)[C@@H](OC(C)=O)C[C@H]6OC[C@@]6(OC(C)=O)[C@H]5[C@H](OC(=O)c5ccccc5)[C@@]5(OC(=O)O[C@@H]35)C4(C)C)[C@H](CC(C)C)N2C(=O)OC(C)(C)C)c(OC)c1. The van der Waals surface area contributed by atoms with Crippen LogP contribution in [-0.2, 0) is 71.3 Å². The van der Waals surface area contributed by atoms with Crippen LogP contribution < -0.4 is 9.47 Å². The first-order chi connectivity index (χ1) is 35.6. The molecule has 412 valence electrons. The monoisotopic (exact) mass is 1060 g/mol. The van der Waals surface area contributed by atoms with Crippen LogP contribution in [0.4, 0.5) is 9.59 Å². The molecule has 3 heterocycles. The number of carbonyl (C=O) groups excluding carboxylic acids is 8. The number of nitrogens with zero attached hydrogens (tertiary/aromatic N) is 1. The van der Waals surface area contributed by atoms with Gasteiger partial charge in [0.25, 0.3) is 0 Å². The molecular formula is C55H67NO20. The third kappa shape index (κ3) is 9.09. The van der Waals surface area contributed by atoms with E-state index < -0.39 is 143 Å². The molecule has 2 saturated carbocycles. The Hall–Kier alpha value is -6.74. The second kappa shape index (κ2) is 20.0. The highest BCUT2D eigenvalue weighted by Gasteiger charge is 2.84. The Labute approximate surface area is 440 Å². The van der Waals surface area contributed by atoms with Crippen molar-refractivity contribution in [2.45, 2.75) is 168 Å². The predicted molar refractivity (Wildman–Crippen MR) is 261 cm³/mol. The minimum atomic E-state index is -2.42. The lowest BCUT2D eigenvalue weighted by Gasteiger charge is -2.67. The van der Waals surface area contributed by atoms with Crippen LogP contribution in [-0.4, -0.2) is 139 Å². The Morgan fingerprint density at radius 1 is 0.855 bits per heavy atom. The number of fused-ring (bicyclic) bond motifs is 4. The molecule has 1 unspecified atom stereocenters. The molecule has 6 aliphatic rings. The minimum Gasteiger partial charge on any atom is -0.497 e. The fraction of sp³-hybridized carbons (Fsp3) is 0.600. The summed E-state index contributed by atoms with van der Waals surface area (Å²) in [5.74, 6) is -6.74. The number of carbonyl (C=O) groups is 8. The third-order valence-corrected chi connectivity index (χ3v) is 15.7. The van der Waals surface area contributed by atoms with Gasteiger partial charge in [-0.3, -0.25) is 24.1 Å². The zero-order valence-electron chi connectivity index (χ0n) is 45.2. The van der Waals surface area contributed by atoms with Crippen LogP contribution in [0, 0.1) is 22.7 Å². The fourth-order valence-corrected chi connectivity index (χ4v) is 12.7. The second-order valence-electron chi connectivity index (χ2n) is 22.4. The highest BCUT2D eigenvalue weighted by atomic mass is 16.8. The van der Waals surface area contributed by atoms with Crippen molar-refractivity contribution in [1.82, 2.24) is 4.90 Å². The van der Waals surface area contributed by atoms with E-state index in [1.54, 1.807) is 71.0 Å². The highest BCUT2D eigenvalue weighted by Crippen LogP contribution is 2.67. The van der Waals surface area contributed by atoms with E-state index in [9.17, 15) is 28.8 Å². The standard InChI is InChI=1S/C55H67NO20/c1-26(2)22-34-40(70-46(56(34)49(63)75-51(7,8)9)33-21-20-32(65-13)23-35(33)66-14)48(62)71-39-27(3)38-41(69-29(5)58)43(60)53(12)36(68-28(4)57)24-37-54(25-67-37,74-30(6)59)42(53)45(72-47(61)31-18-16-15-17-19-31)55(52(38,10)11)44(39)73-50(64)76-55/h15-21,23,26,34,36-37,39-42,44-46H,22,24-25H2,1-14H3/t34-,36-,37+,39+,40+,41+,42-,44-,45-,46?,53+,54-,55+/m0/s1. The number of rotatable bonds is 12. The van der Waals surface area contributed by atoms with Crippen molar-refractivity contribution in [1.29, 1.82) is 0 Å². The maximum atomic E-state index is 16.3. The Bertz CT molecular complexity index is 2730. The summed E-state index contributed by atoms with van der Waals surface area (Å²) in [6.07, 6.45) is -15.2. The first kappa shape index (κ1) is 55.5. The number of ether oxygens (including phenoxy) is 12. The Balaban J connectivity index is 1.38. The van der Waals surface area contributed by atoms with Gasteiger partial charge in [0.1, 0.15) is 29.3 Å². The lowest BCUT2D eigenvalue weighted by molar-refractivity contribution is -0.346. The lowest BCUT2D eigenvalue weighted by Crippen LogP contribution is -2.83. The number of hydrogen-bond donors (Lipinski definition) is 0. The highest BCUT2D eigenvalue weighted by molar-refractivity contribution is 5.96. The molecule has 8 rings (SSSR count). The molecule has 1 amide bonds. The molecule has 0 radical (unpaired) electrons. The first-order valence-corrected chi connectivity index (χ1v) is 25.2. The van der Waals surface area contributed by atoms with Crippen LogP contribution in [0.3, 0.4) is 0 Å². The number of Topliss-reactive ketones (excluding diaryl/α,β-unsaturated/α-hetero) is 1. The van der Waals surface area contributed by atoms with Gasteiger partial charge in [0.2, 0.25) is 5.60 Å². The molecule has 76 heavy (non-hydrogen) atoms. The van der Waals surface area contributed by atoms with Crippen molar-refractivity contribution in [3.63, 3.8) is 0 Å². The molecule has 3 saturated heterocycles. The van der Waals surface area contributed by atoms with Crippen molar-refractivity contribution in [3.05, 3.63) is 70.8 Å². The van der Waals surface area contributed by atoms with E-state index in [0.29, 0.717) is 11.3 Å². The summed E-state index contributed by atoms with van der Waals surface area (Å²) in [6, 6.07) is 11.5. The molecule has 2 bridgehead atoms. The zero-order valence-corrected chi connectivity index (χ0v) is 45.2. The van der Waals surface area contributed by atoms with Crippen LogP contribution in [0.15, 0.2) is 59.7 Å². The van der Waals surface area contributed by atoms with Crippen molar-refractivity contribution in [2.75, 3.05) is 20.8 Å². The maximum Gasteiger partial charge on any atom is 0.509 e. The summed E-state index contributed by atoms with van der Waals surface area (Å²) in [5.41, 5.74) is -8.93. The van der Waals surface area contributed by atoms with Crippen LogP contribution in [0.1, 0.15) is 118 Å². The summed E-state index contributed by atoms with van der Waals surface area (Å²) in [7, 11) is 2.89. The normalized spacial score (nSPS) is 33.1. The summed E-state index contributed by atoms with van der Waals surface area (Å²) in [6.45, 7) is 17.8. The lowest BCUT2D eigenvalue weighted by atomic mass is 9.44. The number of methoxy groups -OCH3 is 2. The average Bonchev–Trinajstić information content (AvgIpc) is 3.92. The number of esters is 5. The van der Waals surface area contributed by atoms with Crippen LogP contribution in [0.25, 0.3) is 0 Å².